The van der Waals surface area contributed by atoms with Gasteiger partial charge in [0.1, 0.15) is 0 Å². The highest BCUT2D eigenvalue weighted by molar-refractivity contribution is 5.81. The zero-order valence-electron chi connectivity index (χ0n) is 18.0. The normalized spacial score (nSPS) is 21.7. The Kier molecular flexibility index (Phi) is 6.30. The summed E-state index contributed by atoms with van der Waals surface area (Å²) in [4.78, 5) is 21.7. The van der Waals surface area contributed by atoms with Crippen LogP contribution in [0.25, 0.3) is 0 Å². The van der Waals surface area contributed by atoms with Gasteiger partial charge >= 0.3 is 0 Å². The van der Waals surface area contributed by atoms with Crippen LogP contribution < -0.4 is 0 Å². The van der Waals surface area contributed by atoms with Gasteiger partial charge in [0.05, 0.1) is 25.3 Å². The van der Waals surface area contributed by atoms with Crippen molar-refractivity contribution in [3.05, 3.63) is 108 Å². The van der Waals surface area contributed by atoms with Gasteiger partial charge in [0.25, 0.3) is 5.91 Å². The monoisotopic (exact) mass is 428 g/mol. The number of carbonyl (C=O) groups excluding carboxylic acids is 1. The fourth-order valence-corrected chi connectivity index (χ4v) is 4.66. The summed E-state index contributed by atoms with van der Waals surface area (Å²) in [5, 5.41) is 2.04. The molecule has 164 valence electrons. The molecular weight excluding hydrogens is 400 g/mol. The van der Waals surface area contributed by atoms with E-state index in [9.17, 15) is 4.79 Å². The van der Waals surface area contributed by atoms with E-state index in [0.717, 1.165) is 16.7 Å². The number of morpholine rings is 1. The van der Waals surface area contributed by atoms with Crippen LogP contribution in [0.2, 0.25) is 0 Å². The average molecular weight is 429 g/mol. The number of amides is 1. The van der Waals surface area contributed by atoms with Gasteiger partial charge in [0, 0.05) is 19.5 Å². The van der Waals surface area contributed by atoms with Crippen molar-refractivity contribution >= 4 is 5.91 Å². The van der Waals surface area contributed by atoms with E-state index in [-0.39, 0.29) is 18.0 Å². The molecule has 0 radical (unpaired) electrons. The van der Waals surface area contributed by atoms with E-state index >= 15 is 0 Å². The largest absolute Gasteiger partial charge is 0.378 e. The third kappa shape index (κ3) is 4.32. The number of nitrogens with zero attached hydrogens (tertiary/aromatic N) is 2. The molecule has 1 amide bonds. The first-order valence-electron chi connectivity index (χ1n) is 11.3. The molecule has 0 spiro atoms. The second-order valence-electron chi connectivity index (χ2n) is 8.28. The van der Waals surface area contributed by atoms with Crippen molar-refractivity contribution in [2.75, 3.05) is 26.3 Å². The lowest BCUT2D eigenvalue weighted by Crippen LogP contribution is -2.46. The van der Waals surface area contributed by atoms with Crippen LogP contribution in [-0.4, -0.2) is 48.3 Å². The number of benzene rings is 3. The molecule has 0 aromatic heterocycles. The quantitative estimate of drug-likeness (QED) is 0.605. The molecule has 5 heteroatoms. The second-order valence-corrected chi connectivity index (χ2v) is 8.28. The fourth-order valence-electron chi connectivity index (χ4n) is 4.66. The van der Waals surface area contributed by atoms with Gasteiger partial charge in [-0.25, -0.2) is 0 Å². The highest BCUT2D eigenvalue weighted by atomic mass is 16.7. The van der Waals surface area contributed by atoms with Gasteiger partial charge in [-0.05, 0) is 16.7 Å². The first-order valence-corrected chi connectivity index (χ1v) is 11.3. The minimum Gasteiger partial charge on any atom is -0.378 e. The zero-order chi connectivity index (χ0) is 21.8. The van der Waals surface area contributed by atoms with Crippen LogP contribution in [0.5, 0.6) is 0 Å². The van der Waals surface area contributed by atoms with Crippen molar-refractivity contribution in [1.82, 2.24) is 9.96 Å². The lowest BCUT2D eigenvalue weighted by Gasteiger charge is -2.33. The van der Waals surface area contributed by atoms with Crippen molar-refractivity contribution < 1.29 is 14.4 Å². The molecule has 5 rings (SSSR count). The third-order valence-electron chi connectivity index (χ3n) is 6.26. The van der Waals surface area contributed by atoms with Crippen LogP contribution in [0.15, 0.2) is 91.0 Å². The number of hydrogen-bond donors (Lipinski definition) is 0. The Hall–Kier alpha value is -2.99. The summed E-state index contributed by atoms with van der Waals surface area (Å²) in [6, 6.07) is 31.0. The molecule has 2 fully saturated rings. The van der Waals surface area contributed by atoms with Crippen LogP contribution >= 0.6 is 0 Å². The minimum atomic E-state index is -0.506. The number of rotatable bonds is 5. The van der Waals surface area contributed by atoms with Crippen molar-refractivity contribution in [3.8, 4) is 0 Å². The van der Waals surface area contributed by atoms with Gasteiger partial charge in [0.2, 0.25) is 0 Å². The number of ether oxygens (including phenoxy) is 1. The smallest absolute Gasteiger partial charge is 0.254 e. The Morgan fingerprint density at radius 3 is 1.88 bits per heavy atom. The molecule has 0 bridgehead atoms. The van der Waals surface area contributed by atoms with E-state index in [1.165, 1.54) is 0 Å². The molecule has 5 nitrogen and oxygen atoms in total. The SMILES string of the molecule is O=C(C1CC(c2ccccc2)N(C(c2ccccc2)c2ccccc2)O1)N1CCOCC1. The van der Waals surface area contributed by atoms with Crippen molar-refractivity contribution in [1.29, 1.82) is 0 Å². The Bertz CT molecular complexity index is 967. The Morgan fingerprint density at radius 1 is 0.781 bits per heavy atom. The maximum absolute atomic E-state index is 13.3. The Balaban J connectivity index is 1.52. The molecule has 0 aliphatic carbocycles. The highest BCUT2D eigenvalue weighted by Crippen LogP contribution is 2.43. The molecule has 2 saturated heterocycles. The predicted molar refractivity (Wildman–Crippen MR) is 123 cm³/mol. The van der Waals surface area contributed by atoms with E-state index in [4.69, 9.17) is 9.57 Å². The maximum atomic E-state index is 13.3. The molecule has 3 aromatic rings. The van der Waals surface area contributed by atoms with Crippen molar-refractivity contribution in [2.45, 2.75) is 24.6 Å². The molecule has 2 unspecified atom stereocenters. The highest BCUT2D eigenvalue weighted by Gasteiger charge is 2.44. The zero-order valence-corrected chi connectivity index (χ0v) is 18.0. The molecule has 2 heterocycles. The Labute approximate surface area is 189 Å². The number of hydroxylamine groups is 2. The van der Waals surface area contributed by atoms with E-state index in [0.29, 0.717) is 32.7 Å². The standard InChI is InChI=1S/C27H28N2O3/c30-27(28-16-18-31-19-17-28)25-20-24(21-10-4-1-5-11-21)29(32-25)26(22-12-6-2-7-13-22)23-14-8-3-9-15-23/h1-15,24-26H,16-20H2. The summed E-state index contributed by atoms with van der Waals surface area (Å²) in [7, 11) is 0. The van der Waals surface area contributed by atoms with E-state index in [1.54, 1.807) is 0 Å². The molecule has 32 heavy (non-hydrogen) atoms. The van der Waals surface area contributed by atoms with Crippen LogP contribution in [0.4, 0.5) is 0 Å². The molecule has 3 aromatic carbocycles. The topological polar surface area (TPSA) is 42.0 Å². The maximum Gasteiger partial charge on any atom is 0.254 e. The molecule has 0 saturated carbocycles. The van der Waals surface area contributed by atoms with E-state index in [1.807, 2.05) is 40.3 Å². The summed E-state index contributed by atoms with van der Waals surface area (Å²) < 4.78 is 5.43. The van der Waals surface area contributed by atoms with E-state index < -0.39 is 6.10 Å². The molecule has 2 aliphatic rings. The third-order valence-corrected chi connectivity index (χ3v) is 6.26. The summed E-state index contributed by atoms with van der Waals surface area (Å²) in [6.07, 6.45) is 0.115. The van der Waals surface area contributed by atoms with Crippen molar-refractivity contribution in [3.63, 3.8) is 0 Å². The molecule has 0 N–H and O–H groups in total. The summed E-state index contributed by atoms with van der Waals surface area (Å²) in [5.41, 5.74) is 3.43. The Morgan fingerprint density at radius 2 is 1.31 bits per heavy atom. The average Bonchev–Trinajstić information content (AvgIpc) is 3.31. The summed E-state index contributed by atoms with van der Waals surface area (Å²) in [5.74, 6) is 0.0524. The molecule has 2 aliphatic heterocycles. The van der Waals surface area contributed by atoms with Gasteiger partial charge < -0.3 is 9.64 Å². The first kappa shape index (κ1) is 20.9. The van der Waals surface area contributed by atoms with Gasteiger partial charge in [-0.1, -0.05) is 91.0 Å². The number of carbonyl (C=O) groups is 1. The van der Waals surface area contributed by atoms with Gasteiger partial charge in [-0.15, -0.1) is 0 Å². The van der Waals surface area contributed by atoms with Gasteiger partial charge in [0.15, 0.2) is 6.10 Å². The van der Waals surface area contributed by atoms with Crippen LogP contribution in [-0.2, 0) is 14.4 Å². The van der Waals surface area contributed by atoms with Crippen LogP contribution in [0, 0.1) is 0 Å². The first-order chi connectivity index (χ1) is 15.8. The van der Waals surface area contributed by atoms with Gasteiger partial charge in [-0.2, -0.15) is 5.06 Å². The molecular formula is C27H28N2O3. The lowest BCUT2D eigenvalue weighted by molar-refractivity contribution is -0.195. The van der Waals surface area contributed by atoms with Crippen LogP contribution in [0.1, 0.15) is 35.2 Å². The predicted octanol–water partition coefficient (Wildman–Crippen LogP) is 4.38. The molecule has 2 atom stereocenters. The van der Waals surface area contributed by atoms with Crippen LogP contribution in [0.3, 0.4) is 0 Å². The fraction of sp³-hybridized carbons (Fsp3) is 0.296. The van der Waals surface area contributed by atoms with Gasteiger partial charge in [-0.3, -0.25) is 9.63 Å². The van der Waals surface area contributed by atoms with Crippen molar-refractivity contribution in [2.24, 2.45) is 0 Å². The number of hydrogen-bond acceptors (Lipinski definition) is 4. The minimum absolute atomic E-state index is 0.0309. The second kappa shape index (κ2) is 9.65. The lowest BCUT2D eigenvalue weighted by atomic mass is 9.94. The summed E-state index contributed by atoms with van der Waals surface area (Å²) in [6.45, 7) is 2.41. The van der Waals surface area contributed by atoms with E-state index in [2.05, 4.69) is 60.7 Å². The summed E-state index contributed by atoms with van der Waals surface area (Å²) >= 11 is 0.